The van der Waals surface area contributed by atoms with Crippen molar-refractivity contribution in [1.82, 2.24) is 24.8 Å². The summed E-state index contributed by atoms with van der Waals surface area (Å²) in [4.78, 5) is 12.4. The van der Waals surface area contributed by atoms with Crippen LogP contribution in [-0.4, -0.2) is 58.5 Å². The molecule has 2 aromatic rings. The molecule has 4 atom stereocenters. The molecule has 3 heterocycles. The van der Waals surface area contributed by atoms with Crippen LogP contribution < -0.4 is 16.8 Å². The van der Waals surface area contributed by atoms with Gasteiger partial charge in [0.05, 0.1) is 19.0 Å². The summed E-state index contributed by atoms with van der Waals surface area (Å²) in [7, 11) is 3.48. The van der Waals surface area contributed by atoms with Crippen molar-refractivity contribution in [2.45, 2.75) is 24.5 Å². The summed E-state index contributed by atoms with van der Waals surface area (Å²) in [6, 6.07) is -0.0502. The summed E-state index contributed by atoms with van der Waals surface area (Å²) in [5.41, 5.74) is 12.5. The Kier molecular flexibility index (Phi) is 4.82. The Morgan fingerprint density at radius 2 is 2.22 bits per heavy atom. The van der Waals surface area contributed by atoms with E-state index in [2.05, 4.69) is 20.3 Å². The minimum absolute atomic E-state index is 0.0502. The van der Waals surface area contributed by atoms with Crippen LogP contribution in [-0.2, 0) is 12.5 Å². The third-order valence-electron chi connectivity index (χ3n) is 3.86. The van der Waals surface area contributed by atoms with Crippen molar-refractivity contribution in [3.05, 3.63) is 6.33 Å². The summed E-state index contributed by atoms with van der Waals surface area (Å²) < 4.78 is 18.7. The Morgan fingerprint density at radius 3 is 2.87 bits per heavy atom. The molecule has 1 saturated heterocycles. The van der Waals surface area contributed by atoms with Gasteiger partial charge in [-0.25, -0.2) is 4.98 Å². The highest BCUT2D eigenvalue weighted by Gasteiger charge is 2.46. The van der Waals surface area contributed by atoms with Crippen molar-refractivity contribution >= 4 is 45.9 Å². The minimum atomic E-state index is -0.441. The number of methoxy groups -OCH3 is 1. The molecule has 0 saturated carbocycles. The van der Waals surface area contributed by atoms with Crippen molar-refractivity contribution in [3.63, 3.8) is 0 Å². The standard InChI is InChI=1S/C12H18IN7O3/c1-16-6-5(3-21-2)22-11(8(6)23-13)20-4-17-7-9(14)18-12(15)19-10(7)20/h4-6,8,11,16H,3H2,1-2H3,(H4,14,15,18,19). The number of likely N-dealkylation sites (N-methyl/N-ethyl adjacent to an activating group) is 1. The molecular formula is C12H18IN7O3. The number of fused-ring (bicyclic) bond motifs is 1. The highest BCUT2D eigenvalue weighted by Crippen LogP contribution is 2.35. The monoisotopic (exact) mass is 435 g/mol. The number of rotatable bonds is 5. The number of hydrogen-bond acceptors (Lipinski definition) is 9. The number of nitrogen functional groups attached to an aromatic ring is 2. The number of halogens is 1. The Bertz CT molecular complexity index is 697. The quantitative estimate of drug-likeness (QED) is 0.549. The SMILES string of the molecule is CNC1C(COC)OC(n2cnc3c(N)nc(N)nc32)C1OI. The van der Waals surface area contributed by atoms with E-state index in [4.69, 9.17) is 24.0 Å². The Labute approximate surface area is 146 Å². The summed E-state index contributed by atoms with van der Waals surface area (Å²) in [6.45, 7) is 0.435. The number of nitrogens with one attached hydrogen (secondary N) is 1. The van der Waals surface area contributed by atoms with Crippen LogP contribution in [0, 0.1) is 0 Å². The van der Waals surface area contributed by atoms with Gasteiger partial charge in [-0.1, -0.05) is 0 Å². The van der Waals surface area contributed by atoms with Gasteiger partial charge in [-0.05, 0) is 7.05 Å². The van der Waals surface area contributed by atoms with Crippen LogP contribution in [0.5, 0.6) is 0 Å². The van der Waals surface area contributed by atoms with E-state index in [0.717, 1.165) is 0 Å². The highest BCUT2D eigenvalue weighted by molar-refractivity contribution is 14.1. The van der Waals surface area contributed by atoms with E-state index in [1.165, 1.54) is 0 Å². The predicted octanol–water partition coefficient (Wildman–Crippen LogP) is -0.142. The van der Waals surface area contributed by atoms with Crippen LogP contribution in [0.1, 0.15) is 6.23 Å². The maximum atomic E-state index is 6.10. The average molecular weight is 435 g/mol. The maximum Gasteiger partial charge on any atom is 0.224 e. The number of nitrogens with two attached hydrogens (primary N) is 2. The second kappa shape index (κ2) is 6.68. The molecule has 126 valence electrons. The van der Waals surface area contributed by atoms with Crippen molar-refractivity contribution in [1.29, 1.82) is 0 Å². The van der Waals surface area contributed by atoms with Crippen molar-refractivity contribution < 1.29 is 12.5 Å². The normalized spacial score (nSPS) is 27.8. The number of hydrogen-bond donors (Lipinski definition) is 3. The second-order valence-corrected chi connectivity index (χ2v) is 5.69. The molecule has 0 aromatic carbocycles. The summed E-state index contributed by atoms with van der Waals surface area (Å²) >= 11 is 1.87. The molecule has 1 fully saturated rings. The minimum Gasteiger partial charge on any atom is -0.382 e. The van der Waals surface area contributed by atoms with E-state index in [9.17, 15) is 0 Å². The molecule has 1 aliphatic rings. The molecule has 4 unspecified atom stereocenters. The van der Waals surface area contributed by atoms with Gasteiger partial charge in [0.2, 0.25) is 5.95 Å². The largest absolute Gasteiger partial charge is 0.382 e. The summed E-state index contributed by atoms with van der Waals surface area (Å²) in [5, 5.41) is 3.21. The zero-order chi connectivity index (χ0) is 16.6. The third kappa shape index (κ3) is 2.82. The fraction of sp³-hybridized carbons (Fsp3) is 0.583. The summed E-state index contributed by atoms with van der Waals surface area (Å²) in [5.74, 6) is 0.315. The van der Waals surface area contributed by atoms with Crippen LogP contribution in [0.15, 0.2) is 6.33 Å². The molecule has 0 aliphatic carbocycles. The molecule has 2 aromatic heterocycles. The van der Waals surface area contributed by atoms with E-state index in [1.807, 2.05) is 30.1 Å². The van der Waals surface area contributed by atoms with Crippen LogP contribution in [0.3, 0.4) is 0 Å². The van der Waals surface area contributed by atoms with Gasteiger partial charge in [-0.15, -0.1) is 0 Å². The first-order valence-electron chi connectivity index (χ1n) is 6.95. The van der Waals surface area contributed by atoms with Gasteiger partial charge < -0.3 is 29.3 Å². The molecule has 3 rings (SSSR count). The van der Waals surface area contributed by atoms with Crippen molar-refractivity contribution in [2.24, 2.45) is 0 Å². The fourth-order valence-electron chi connectivity index (χ4n) is 2.85. The van der Waals surface area contributed by atoms with Gasteiger partial charge in [-0.2, -0.15) is 9.97 Å². The van der Waals surface area contributed by atoms with Gasteiger partial charge in [0.15, 0.2) is 17.7 Å². The predicted molar refractivity (Wildman–Crippen MR) is 91.7 cm³/mol. The lowest BCUT2D eigenvalue weighted by molar-refractivity contribution is -0.0464. The third-order valence-corrected chi connectivity index (χ3v) is 4.44. The van der Waals surface area contributed by atoms with E-state index in [-0.39, 0.29) is 30.0 Å². The van der Waals surface area contributed by atoms with Gasteiger partial charge >= 0.3 is 0 Å². The highest BCUT2D eigenvalue weighted by atomic mass is 127. The van der Waals surface area contributed by atoms with Gasteiger partial charge in [0.1, 0.15) is 40.7 Å². The van der Waals surface area contributed by atoms with Gasteiger partial charge in [0.25, 0.3) is 0 Å². The van der Waals surface area contributed by atoms with Crippen LogP contribution in [0.2, 0.25) is 0 Å². The lowest BCUT2D eigenvalue weighted by Gasteiger charge is -2.21. The van der Waals surface area contributed by atoms with Gasteiger partial charge in [0, 0.05) is 7.11 Å². The number of nitrogens with zero attached hydrogens (tertiary/aromatic N) is 4. The molecule has 0 spiro atoms. The van der Waals surface area contributed by atoms with Crippen molar-refractivity contribution in [2.75, 3.05) is 32.2 Å². The first-order valence-corrected chi connectivity index (χ1v) is 7.83. The summed E-state index contributed by atoms with van der Waals surface area (Å²) in [6.07, 6.45) is 0.715. The molecule has 11 heteroatoms. The number of imidazole rings is 1. The van der Waals surface area contributed by atoms with Crippen molar-refractivity contribution in [3.8, 4) is 0 Å². The second-order valence-electron chi connectivity index (χ2n) is 5.18. The Morgan fingerprint density at radius 1 is 1.43 bits per heavy atom. The molecule has 0 amide bonds. The lowest BCUT2D eigenvalue weighted by Crippen LogP contribution is -2.44. The molecule has 0 bridgehead atoms. The van der Waals surface area contributed by atoms with Gasteiger partial charge in [-0.3, -0.25) is 4.57 Å². The zero-order valence-electron chi connectivity index (χ0n) is 12.6. The molecule has 10 nitrogen and oxygen atoms in total. The first-order chi connectivity index (χ1) is 11.1. The van der Waals surface area contributed by atoms with E-state index in [0.29, 0.717) is 17.8 Å². The topological polar surface area (TPSA) is 135 Å². The Hall–Kier alpha value is -1.28. The van der Waals surface area contributed by atoms with E-state index < -0.39 is 6.23 Å². The molecular weight excluding hydrogens is 417 g/mol. The lowest BCUT2D eigenvalue weighted by atomic mass is 10.1. The average Bonchev–Trinajstić information content (AvgIpc) is 3.08. The molecule has 1 aliphatic heterocycles. The first kappa shape index (κ1) is 16.6. The number of ether oxygens (including phenoxy) is 2. The Balaban J connectivity index is 2.03. The molecule has 0 radical (unpaired) electrons. The smallest absolute Gasteiger partial charge is 0.224 e. The fourth-order valence-corrected chi connectivity index (χ4v) is 3.42. The molecule has 5 N–H and O–H groups in total. The van der Waals surface area contributed by atoms with Crippen LogP contribution in [0.4, 0.5) is 11.8 Å². The maximum absolute atomic E-state index is 6.10. The van der Waals surface area contributed by atoms with Crippen LogP contribution in [0.25, 0.3) is 11.2 Å². The number of aromatic nitrogens is 4. The van der Waals surface area contributed by atoms with E-state index >= 15 is 0 Å². The zero-order valence-corrected chi connectivity index (χ0v) is 14.8. The van der Waals surface area contributed by atoms with Crippen LogP contribution >= 0.6 is 23.0 Å². The number of anilines is 2. The molecule has 23 heavy (non-hydrogen) atoms. The van der Waals surface area contributed by atoms with E-state index in [1.54, 1.807) is 18.0 Å².